The van der Waals surface area contributed by atoms with Crippen molar-refractivity contribution in [2.45, 2.75) is 12.5 Å². The van der Waals surface area contributed by atoms with Gasteiger partial charge in [-0.1, -0.05) is 6.07 Å². The van der Waals surface area contributed by atoms with E-state index in [1.54, 1.807) is 35.2 Å². The molecule has 6 nitrogen and oxygen atoms in total. The summed E-state index contributed by atoms with van der Waals surface area (Å²) >= 11 is 0. The van der Waals surface area contributed by atoms with Crippen LogP contribution in [0.2, 0.25) is 0 Å². The first-order valence-corrected chi connectivity index (χ1v) is 8.53. The van der Waals surface area contributed by atoms with E-state index < -0.39 is 0 Å². The maximum Gasteiger partial charge on any atom is 0.244 e. The molecule has 2 aliphatic rings. The monoisotopic (exact) mass is 368 g/mol. The van der Waals surface area contributed by atoms with Crippen molar-refractivity contribution in [1.29, 1.82) is 0 Å². The lowest BCUT2D eigenvalue weighted by Crippen LogP contribution is -2.36. The van der Waals surface area contributed by atoms with Crippen LogP contribution in [0.4, 0.5) is 10.1 Å². The van der Waals surface area contributed by atoms with Gasteiger partial charge < -0.3 is 19.7 Å². The molecule has 0 bridgehead atoms. The van der Waals surface area contributed by atoms with Crippen LogP contribution < -0.4 is 19.7 Å². The summed E-state index contributed by atoms with van der Waals surface area (Å²) in [5.41, 5.74) is 1.43. The summed E-state index contributed by atoms with van der Waals surface area (Å²) in [6.45, 7) is 0.553. The number of anilines is 1. The molecule has 2 aliphatic heterocycles. The predicted octanol–water partition coefficient (Wildman–Crippen LogP) is 2.49. The minimum atomic E-state index is -0.357. The van der Waals surface area contributed by atoms with Crippen LogP contribution in [0.5, 0.6) is 11.5 Å². The van der Waals surface area contributed by atoms with E-state index in [-0.39, 0.29) is 36.9 Å². The summed E-state index contributed by atoms with van der Waals surface area (Å²) in [5, 5.41) is 2.82. The van der Waals surface area contributed by atoms with Crippen LogP contribution in [-0.4, -0.2) is 31.2 Å². The number of carbonyl (C=O) groups excluding carboxylic acids is 2. The largest absolute Gasteiger partial charge is 0.454 e. The number of nitrogens with one attached hydrogen (secondary N) is 1. The lowest BCUT2D eigenvalue weighted by molar-refractivity contribution is -0.117. The summed E-state index contributed by atoms with van der Waals surface area (Å²) in [4.78, 5) is 25.9. The van der Waals surface area contributed by atoms with E-state index >= 15 is 0 Å². The topological polar surface area (TPSA) is 67.9 Å². The van der Waals surface area contributed by atoms with Gasteiger partial charge in [-0.2, -0.15) is 0 Å². The van der Waals surface area contributed by atoms with Crippen molar-refractivity contribution in [3.05, 3.63) is 59.9 Å². The summed E-state index contributed by atoms with van der Waals surface area (Å²) < 4.78 is 23.6. The second-order valence-electron chi connectivity index (χ2n) is 6.34. The Balaban J connectivity index is 1.36. The SMILES string of the molecule is O=C(/C=C\c1ccc2c(c1)OCO2)NC1CC(=O)N(c2ccc(F)cc2)C1. The molecule has 0 radical (unpaired) electrons. The number of amides is 2. The maximum atomic E-state index is 13.0. The van der Waals surface area contributed by atoms with Crippen LogP contribution in [-0.2, 0) is 9.59 Å². The average Bonchev–Trinajstić information content (AvgIpc) is 3.26. The van der Waals surface area contributed by atoms with Crippen molar-refractivity contribution in [2.24, 2.45) is 0 Å². The molecule has 0 aromatic heterocycles. The molecule has 2 amide bonds. The second-order valence-corrected chi connectivity index (χ2v) is 6.34. The number of nitrogens with zero attached hydrogens (tertiary/aromatic N) is 1. The van der Waals surface area contributed by atoms with Crippen LogP contribution in [0.15, 0.2) is 48.5 Å². The molecule has 2 aromatic carbocycles. The molecule has 4 rings (SSSR count). The molecule has 1 atom stereocenters. The van der Waals surface area contributed by atoms with Crippen molar-refractivity contribution in [1.82, 2.24) is 5.32 Å². The first kappa shape index (κ1) is 17.1. The van der Waals surface area contributed by atoms with Crippen molar-refractivity contribution in [3.63, 3.8) is 0 Å². The molecule has 2 heterocycles. The van der Waals surface area contributed by atoms with Gasteiger partial charge >= 0.3 is 0 Å². The van der Waals surface area contributed by atoms with Gasteiger partial charge in [0.1, 0.15) is 5.82 Å². The summed E-state index contributed by atoms with van der Waals surface area (Å²) in [7, 11) is 0. The quantitative estimate of drug-likeness (QED) is 0.842. The Kier molecular flexibility index (Phi) is 4.50. The number of ether oxygens (including phenoxy) is 2. The summed E-state index contributed by atoms with van der Waals surface area (Å²) in [6, 6.07) is 10.8. The standard InChI is InChI=1S/C20H17FN2O4/c21-14-3-5-16(6-4-14)23-11-15(10-20(23)25)22-19(24)8-2-13-1-7-17-18(9-13)27-12-26-17/h1-9,15H,10-12H2,(H,22,24)/b8-2-. The first-order valence-electron chi connectivity index (χ1n) is 8.53. The lowest BCUT2D eigenvalue weighted by Gasteiger charge is -2.16. The van der Waals surface area contributed by atoms with Crippen LogP contribution in [0.3, 0.4) is 0 Å². The van der Waals surface area contributed by atoms with Gasteiger partial charge in [0.2, 0.25) is 18.6 Å². The number of fused-ring (bicyclic) bond motifs is 1. The molecule has 0 aliphatic carbocycles. The Bertz CT molecular complexity index is 911. The molecule has 2 aromatic rings. The van der Waals surface area contributed by atoms with E-state index in [0.717, 1.165) is 5.56 Å². The Morgan fingerprint density at radius 1 is 1.15 bits per heavy atom. The first-order chi connectivity index (χ1) is 13.1. The van der Waals surface area contributed by atoms with Crippen molar-refractivity contribution in [2.75, 3.05) is 18.2 Å². The maximum absolute atomic E-state index is 13.0. The molecular formula is C20H17FN2O4. The number of hydrogen-bond acceptors (Lipinski definition) is 4. The van der Waals surface area contributed by atoms with Crippen molar-refractivity contribution >= 4 is 23.6 Å². The van der Waals surface area contributed by atoms with Crippen LogP contribution >= 0.6 is 0 Å². The number of benzene rings is 2. The highest BCUT2D eigenvalue weighted by Crippen LogP contribution is 2.32. The van der Waals surface area contributed by atoms with Gasteiger partial charge in [-0.3, -0.25) is 9.59 Å². The van der Waals surface area contributed by atoms with Gasteiger partial charge in [-0.15, -0.1) is 0 Å². The Morgan fingerprint density at radius 3 is 2.74 bits per heavy atom. The zero-order valence-electron chi connectivity index (χ0n) is 14.4. The molecule has 0 spiro atoms. The van der Waals surface area contributed by atoms with E-state index in [1.165, 1.54) is 18.2 Å². The Hall–Kier alpha value is -3.35. The zero-order valence-corrected chi connectivity index (χ0v) is 14.4. The van der Waals surface area contributed by atoms with Gasteiger partial charge in [0, 0.05) is 24.7 Å². The number of hydrogen-bond donors (Lipinski definition) is 1. The van der Waals surface area contributed by atoms with Gasteiger partial charge in [-0.05, 0) is 48.0 Å². The highest BCUT2D eigenvalue weighted by atomic mass is 19.1. The predicted molar refractivity (Wildman–Crippen MR) is 96.9 cm³/mol. The van der Waals surface area contributed by atoms with Gasteiger partial charge in [0.05, 0.1) is 6.04 Å². The molecule has 1 unspecified atom stereocenters. The third kappa shape index (κ3) is 3.76. The minimum Gasteiger partial charge on any atom is -0.454 e. The molecule has 7 heteroatoms. The minimum absolute atomic E-state index is 0.105. The second kappa shape index (κ2) is 7.11. The normalized spacial score (nSPS) is 18.3. The average molecular weight is 368 g/mol. The van der Waals surface area contributed by atoms with E-state index in [4.69, 9.17) is 9.47 Å². The Morgan fingerprint density at radius 2 is 1.93 bits per heavy atom. The molecular weight excluding hydrogens is 351 g/mol. The Labute approximate surface area is 155 Å². The molecule has 1 saturated heterocycles. The molecule has 138 valence electrons. The highest BCUT2D eigenvalue weighted by molar-refractivity contribution is 5.98. The van der Waals surface area contributed by atoms with Crippen LogP contribution in [0, 0.1) is 5.82 Å². The van der Waals surface area contributed by atoms with Crippen molar-refractivity contribution in [3.8, 4) is 11.5 Å². The van der Waals surface area contributed by atoms with Gasteiger partial charge in [0.15, 0.2) is 11.5 Å². The highest BCUT2D eigenvalue weighted by Gasteiger charge is 2.31. The summed E-state index contributed by atoms with van der Waals surface area (Å²) in [5.74, 6) is 0.581. The van der Waals surface area contributed by atoms with Gasteiger partial charge in [-0.25, -0.2) is 4.39 Å². The van der Waals surface area contributed by atoms with E-state index in [9.17, 15) is 14.0 Å². The van der Waals surface area contributed by atoms with Crippen molar-refractivity contribution < 1.29 is 23.5 Å². The third-order valence-electron chi connectivity index (χ3n) is 4.43. The number of rotatable bonds is 4. The van der Waals surface area contributed by atoms with E-state index in [0.29, 0.717) is 23.7 Å². The molecule has 1 N–H and O–H groups in total. The smallest absolute Gasteiger partial charge is 0.244 e. The fraction of sp³-hybridized carbons (Fsp3) is 0.200. The lowest BCUT2D eigenvalue weighted by atomic mass is 10.2. The third-order valence-corrected chi connectivity index (χ3v) is 4.43. The molecule has 27 heavy (non-hydrogen) atoms. The zero-order chi connectivity index (χ0) is 18.8. The molecule has 0 saturated carbocycles. The van der Waals surface area contributed by atoms with E-state index in [2.05, 4.69) is 5.32 Å². The van der Waals surface area contributed by atoms with E-state index in [1.807, 2.05) is 6.07 Å². The number of carbonyl (C=O) groups is 2. The number of halogens is 1. The van der Waals surface area contributed by atoms with Gasteiger partial charge in [0.25, 0.3) is 0 Å². The van der Waals surface area contributed by atoms with Crippen LogP contribution in [0.1, 0.15) is 12.0 Å². The summed E-state index contributed by atoms with van der Waals surface area (Å²) in [6.07, 6.45) is 3.30. The van der Waals surface area contributed by atoms with Crippen LogP contribution in [0.25, 0.3) is 6.08 Å². The fourth-order valence-corrected chi connectivity index (χ4v) is 3.11. The fourth-order valence-electron chi connectivity index (χ4n) is 3.11. The molecule has 1 fully saturated rings.